The molecule has 9 heteroatoms. The van der Waals surface area contributed by atoms with Crippen LogP contribution in [0.15, 0.2) is 91.3 Å². The molecule has 2 aliphatic heterocycles. The van der Waals surface area contributed by atoms with Crippen LogP contribution in [0.1, 0.15) is 88.7 Å². The maximum atomic E-state index is 14.2. The average molecular weight is 683 g/mol. The maximum absolute atomic E-state index is 14.2. The Hall–Kier alpha value is -5.02. The average Bonchev–Trinajstić information content (AvgIpc) is 4.00. The van der Waals surface area contributed by atoms with Gasteiger partial charge in [0.05, 0.1) is 41.8 Å². The minimum absolute atomic E-state index is 0.00553. The fourth-order valence-corrected chi connectivity index (χ4v) is 7.78. The second kappa shape index (κ2) is 15.1. The van der Waals surface area contributed by atoms with Gasteiger partial charge in [0, 0.05) is 13.1 Å². The van der Waals surface area contributed by atoms with Gasteiger partial charge in [-0.2, -0.15) is 0 Å². The number of rotatable bonds is 11. The van der Waals surface area contributed by atoms with E-state index < -0.39 is 0 Å². The van der Waals surface area contributed by atoms with E-state index in [1.807, 2.05) is 54.2 Å². The van der Waals surface area contributed by atoms with Crippen LogP contribution in [0.3, 0.4) is 0 Å². The summed E-state index contributed by atoms with van der Waals surface area (Å²) in [6.07, 6.45) is 7.52. The first kappa shape index (κ1) is 34.4. The van der Waals surface area contributed by atoms with Crippen molar-refractivity contribution in [1.82, 2.24) is 34.6 Å². The van der Waals surface area contributed by atoms with Gasteiger partial charge in [0.15, 0.2) is 0 Å². The topological polar surface area (TPSA) is 101 Å². The van der Waals surface area contributed by atoms with Crippen molar-refractivity contribution in [2.45, 2.75) is 71.5 Å². The summed E-state index contributed by atoms with van der Waals surface area (Å²) in [6, 6.07) is 26.8. The number of benzene rings is 3. The number of nitrogens with zero attached hydrogens (tertiary/aromatic N) is 5. The molecule has 0 saturated carbocycles. The van der Waals surface area contributed by atoms with Crippen molar-refractivity contribution in [1.29, 1.82) is 0 Å². The van der Waals surface area contributed by atoms with E-state index >= 15 is 0 Å². The minimum atomic E-state index is -0.307. The zero-order chi connectivity index (χ0) is 35.5. The lowest BCUT2D eigenvalue weighted by atomic mass is 10.0. The van der Waals surface area contributed by atoms with Crippen molar-refractivity contribution in [3.63, 3.8) is 0 Å². The fraction of sp³-hybridized carbons (Fsp3) is 0.357. The molecule has 263 valence electrons. The van der Waals surface area contributed by atoms with Gasteiger partial charge in [0.2, 0.25) is 11.8 Å². The molecule has 0 bridgehead atoms. The molecule has 5 aromatic rings. The largest absolute Gasteiger partial charge is 0.340 e. The number of aromatic nitrogens is 4. The second-order valence-electron chi connectivity index (χ2n) is 13.9. The number of nitrogens with one attached hydrogen (secondary N) is 2. The van der Waals surface area contributed by atoms with Crippen LogP contribution >= 0.6 is 0 Å². The lowest BCUT2D eigenvalue weighted by molar-refractivity contribution is -0.138. The summed E-state index contributed by atoms with van der Waals surface area (Å²) in [7, 11) is 0. The van der Waals surface area contributed by atoms with Crippen LogP contribution in [0.2, 0.25) is 0 Å². The predicted octanol–water partition coefficient (Wildman–Crippen LogP) is 8.16. The monoisotopic (exact) mass is 682 g/mol. The van der Waals surface area contributed by atoms with Crippen LogP contribution in [0, 0.1) is 5.92 Å². The zero-order valence-electron chi connectivity index (χ0n) is 30.1. The van der Waals surface area contributed by atoms with Crippen molar-refractivity contribution < 1.29 is 9.59 Å². The molecule has 1 radical (unpaired) electrons. The molecule has 2 amide bonds. The third-order valence-corrected chi connectivity index (χ3v) is 10.6. The van der Waals surface area contributed by atoms with Gasteiger partial charge in [-0.25, -0.2) is 9.97 Å². The smallest absolute Gasteiger partial charge is 0.245 e. The standard InChI is InChI=1S/C42H48N7O2/c1-5-47(6-2)38(33-12-8-7-9-13-33)42(51)49-25-11-15-37(49)40-44-27-35(46-40)32-22-18-30(19-23-32)29-16-20-31(21-17-29)34-26-43-39(45-34)36-14-10-24-48(36)41(50)28(3)4/h7-9,12-13,16-23,26-27,36-38H,5-6,10-11,14-15,24-25H2,1-4H3,(H,43,45)(H,44,46)/t36-,37-,38+/m0/s1. The summed E-state index contributed by atoms with van der Waals surface area (Å²) in [5.74, 6) is 2.75. The van der Waals surface area contributed by atoms with Gasteiger partial charge < -0.3 is 19.8 Å². The number of amides is 2. The summed E-state index contributed by atoms with van der Waals surface area (Å²) >= 11 is 0. The van der Waals surface area contributed by atoms with Crippen LogP contribution in [-0.4, -0.2) is 72.6 Å². The quantitative estimate of drug-likeness (QED) is 0.146. The molecule has 2 aliphatic rings. The van der Waals surface area contributed by atoms with E-state index in [0.717, 1.165) is 109 Å². The molecule has 51 heavy (non-hydrogen) atoms. The molecule has 4 heterocycles. The Morgan fingerprint density at radius 1 is 0.706 bits per heavy atom. The Bertz CT molecular complexity index is 1930. The van der Waals surface area contributed by atoms with Crippen molar-refractivity contribution >= 4 is 11.8 Å². The van der Waals surface area contributed by atoms with E-state index in [0.29, 0.717) is 0 Å². The molecule has 2 aromatic heterocycles. The molecule has 0 aliphatic carbocycles. The third kappa shape index (κ3) is 7.00. The Labute approximate surface area is 301 Å². The Kier molecular flexibility index (Phi) is 10.2. The highest BCUT2D eigenvalue weighted by molar-refractivity contribution is 5.89. The molecule has 9 nitrogen and oxygen atoms in total. The van der Waals surface area contributed by atoms with Crippen molar-refractivity contribution in [2.24, 2.45) is 0 Å². The highest BCUT2D eigenvalue weighted by atomic mass is 16.2. The molecule has 3 atom stereocenters. The van der Waals surface area contributed by atoms with Crippen LogP contribution in [0.25, 0.3) is 33.6 Å². The summed E-state index contributed by atoms with van der Waals surface area (Å²) < 4.78 is 0. The van der Waals surface area contributed by atoms with Crippen LogP contribution in [0.5, 0.6) is 0 Å². The number of likely N-dealkylation sites (tertiary alicyclic amines) is 2. The highest BCUT2D eigenvalue weighted by Gasteiger charge is 2.38. The number of likely N-dealkylation sites (N-methyl/N-ethyl adjacent to an activating group) is 1. The van der Waals surface area contributed by atoms with Crippen molar-refractivity contribution in [3.8, 4) is 33.6 Å². The van der Waals surface area contributed by atoms with Crippen LogP contribution in [0.4, 0.5) is 0 Å². The number of aromatic amines is 2. The van der Waals surface area contributed by atoms with Gasteiger partial charge in [-0.1, -0.05) is 92.7 Å². The number of carbonyl (C=O) groups excluding carboxylic acids is 2. The van der Waals surface area contributed by atoms with Crippen molar-refractivity contribution in [3.05, 3.63) is 114 Å². The molecular formula is C42H48N7O2. The number of hydrogen-bond acceptors (Lipinski definition) is 5. The molecule has 2 saturated heterocycles. The van der Waals surface area contributed by atoms with E-state index in [-0.39, 0.29) is 29.9 Å². The first-order valence-electron chi connectivity index (χ1n) is 18.4. The SMILES string of the molecule is CCN(CC)[C@@H](C(=O)N1CCC[C@H]1c1ncc(-c2ccc(-c3ccc(-c4cnc([C@@H]5CCCN5C(=O)[C](C)C)[nH]4)cc3)cc2)[nH]1)c1ccccc1. The molecule has 3 aromatic carbocycles. The highest BCUT2D eigenvalue weighted by Crippen LogP contribution is 2.36. The lowest BCUT2D eigenvalue weighted by Gasteiger charge is -2.34. The first-order valence-corrected chi connectivity index (χ1v) is 18.4. The fourth-order valence-electron chi connectivity index (χ4n) is 7.78. The molecule has 7 rings (SSSR count). The zero-order valence-corrected chi connectivity index (χ0v) is 30.1. The molecular weight excluding hydrogens is 635 g/mol. The Morgan fingerprint density at radius 3 is 1.67 bits per heavy atom. The number of carbonyl (C=O) groups is 2. The predicted molar refractivity (Wildman–Crippen MR) is 201 cm³/mol. The summed E-state index contributed by atoms with van der Waals surface area (Å²) in [5, 5.41) is 0. The van der Waals surface area contributed by atoms with Gasteiger partial charge in [0.1, 0.15) is 17.7 Å². The summed E-state index contributed by atoms with van der Waals surface area (Å²) in [5.41, 5.74) is 7.28. The van der Waals surface area contributed by atoms with Gasteiger partial charge in [-0.05, 0) is 80.4 Å². The van der Waals surface area contributed by atoms with E-state index in [1.54, 1.807) is 0 Å². The van der Waals surface area contributed by atoms with E-state index in [4.69, 9.17) is 4.98 Å². The van der Waals surface area contributed by atoms with Gasteiger partial charge in [-0.15, -0.1) is 0 Å². The second-order valence-corrected chi connectivity index (χ2v) is 13.9. The van der Waals surface area contributed by atoms with E-state index in [1.165, 1.54) is 0 Å². The van der Waals surface area contributed by atoms with Gasteiger partial charge in [0.25, 0.3) is 0 Å². The Balaban J connectivity index is 1.03. The molecule has 2 fully saturated rings. The number of H-pyrrole nitrogens is 2. The van der Waals surface area contributed by atoms with Crippen LogP contribution in [-0.2, 0) is 9.59 Å². The van der Waals surface area contributed by atoms with E-state index in [2.05, 4.69) is 94.4 Å². The lowest BCUT2D eigenvalue weighted by Crippen LogP contribution is -2.43. The summed E-state index contributed by atoms with van der Waals surface area (Å²) in [4.78, 5) is 49.6. The summed E-state index contributed by atoms with van der Waals surface area (Å²) in [6.45, 7) is 11.1. The minimum Gasteiger partial charge on any atom is -0.340 e. The number of imidazole rings is 2. The van der Waals surface area contributed by atoms with Gasteiger partial charge in [-0.3, -0.25) is 14.5 Å². The molecule has 2 N–H and O–H groups in total. The number of hydrogen-bond donors (Lipinski definition) is 2. The van der Waals surface area contributed by atoms with Crippen molar-refractivity contribution in [2.75, 3.05) is 26.2 Å². The Morgan fingerprint density at radius 2 is 1.18 bits per heavy atom. The third-order valence-electron chi connectivity index (χ3n) is 10.6. The normalized spacial score (nSPS) is 18.2. The van der Waals surface area contributed by atoms with Crippen LogP contribution < -0.4 is 0 Å². The maximum Gasteiger partial charge on any atom is 0.245 e. The van der Waals surface area contributed by atoms with Gasteiger partial charge >= 0.3 is 0 Å². The van der Waals surface area contributed by atoms with E-state index in [9.17, 15) is 9.59 Å². The first-order chi connectivity index (χ1) is 24.9. The molecule has 0 unspecified atom stereocenters. The molecule has 0 spiro atoms.